The number of nitrogens with one attached hydrogen (secondary N) is 1. The number of carbonyl (C=O) groups excluding carboxylic acids is 2. The highest BCUT2D eigenvalue weighted by molar-refractivity contribution is 5.98. The van der Waals surface area contributed by atoms with Crippen molar-refractivity contribution in [3.05, 3.63) is 42.0 Å². The van der Waals surface area contributed by atoms with E-state index in [2.05, 4.69) is 5.32 Å². The molecular formula is C32H46N4O7. The van der Waals surface area contributed by atoms with Gasteiger partial charge in [0.25, 0.3) is 5.91 Å². The molecule has 0 aromatic heterocycles. The molecule has 0 fully saturated rings. The van der Waals surface area contributed by atoms with E-state index in [1.54, 1.807) is 35.0 Å². The first-order valence-corrected chi connectivity index (χ1v) is 15.0. The van der Waals surface area contributed by atoms with Crippen molar-refractivity contribution in [3.8, 4) is 17.2 Å². The first kappa shape index (κ1) is 32.2. The normalized spacial score (nSPS) is 21.7. The smallest absolute Gasteiger partial charge is 0.321 e. The lowest BCUT2D eigenvalue weighted by Crippen LogP contribution is -2.48. The maximum Gasteiger partial charge on any atom is 0.321 e. The summed E-state index contributed by atoms with van der Waals surface area (Å²) in [7, 11) is 5.58. The Morgan fingerprint density at radius 3 is 2.56 bits per heavy atom. The zero-order valence-electron chi connectivity index (χ0n) is 26.2. The summed E-state index contributed by atoms with van der Waals surface area (Å²) in [6, 6.07) is 10.2. The second-order valence-corrected chi connectivity index (χ2v) is 11.8. The minimum Gasteiger partial charge on any atom is -0.490 e. The number of likely N-dealkylation sites (N-methyl/N-ethyl adjacent to an activating group) is 1. The minimum atomic E-state index is -0.441. The Kier molecular flexibility index (Phi) is 11.0. The van der Waals surface area contributed by atoms with Crippen LogP contribution in [0.3, 0.4) is 0 Å². The number of aliphatic hydroxyl groups is 1. The maximum absolute atomic E-state index is 14.1. The van der Waals surface area contributed by atoms with Crippen LogP contribution in [0.25, 0.3) is 0 Å². The summed E-state index contributed by atoms with van der Waals surface area (Å²) >= 11 is 0. The summed E-state index contributed by atoms with van der Waals surface area (Å²) in [5.41, 5.74) is 1.94. The number of ether oxygens (including phenoxy) is 4. The monoisotopic (exact) mass is 598 g/mol. The van der Waals surface area contributed by atoms with Crippen LogP contribution in [0.4, 0.5) is 16.2 Å². The van der Waals surface area contributed by atoms with Crippen LogP contribution >= 0.6 is 0 Å². The van der Waals surface area contributed by atoms with E-state index in [0.717, 1.165) is 24.9 Å². The molecule has 43 heavy (non-hydrogen) atoms. The zero-order chi connectivity index (χ0) is 31.1. The third-order valence-corrected chi connectivity index (χ3v) is 7.98. The molecule has 0 aliphatic carbocycles. The van der Waals surface area contributed by atoms with Gasteiger partial charge in [0.15, 0.2) is 11.5 Å². The molecule has 2 aliphatic heterocycles. The third-order valence-electron chi connectivity index (χ3n) is 7.98. The fourth-order valence-electron chi connectivity index (χ4n) is 5.20. The second kappa shape index (κ2) is 14.7. The van der Waals surface area contributed by atoms with E-state index in [4.69, 9.17) is 18.9 Å². The average molecular weight is 599 g/mol. The molecule has 2 aromatic rings. The number of rotatable bonds is 6. The number of nitrogens with zero attached hydrogens (tertiary/aromatic N) is 3. The molecule has 2 aromatic carbocycles. The van der Waals surface area contributed by atoms with Crippen LogP contribution in [0.1, 0.15) is 50.4 Å². The van der Waals surface area contributed by atoms with Gasteiger partial charge in [0.05, 0.1) is 30.4 Å². The van der Waals surface area contributed by atoms with Crippen LogP contribution < -0.4 is 24.4 Å². The number of benzene rings is 2. The van der Waals surface area contributed by atoms with Crippen molar-refractivity contribution < 1.29 is 33.6 Å². The molecule has 3 amide bonds. The summed E-state index contributed by atoms with van der Waals surface area (Å²) in [5.74, 6) is 1.40. The van der Waals surface area contributed by atoms with Crippen LogP contribution in [-0.2, 0) is 4.74 Å². The molecule has 2 N–H and O–H groups in total. The summed E-state index contributed by atoms with van der Waals surface area (Å²) in [5, 5.41) is 13.0. The molecule has 2 aliphatic rings. The molecule has 11 heteroatoms. The number of aliphatic hydroxyl groups excluding tert-OH is 1. The standard InChI is InChI=1S/C32H46N4O7/c1-21-17-36(22(2)19-37)31(38)26-16-25(34(4)5)11-13-27(26)43-23(3)9-7-8-14-40-30(21)18-35(6)32(39)33-24-10-12-28-29(15-24)42-20-41-28/h10-13,15-16,21-23,30,37H,7-9,14,17-20H2,1-6H3,(H,33,39)/t21-,22+,23-,30-/m0/s1. The number of hydrogen-bond donors (Lipinski definition) is 2. The quantitative estimate of drug-likeness (QED) is 0.502. The first-order chi connectivity index (χ1) is 20.6. The molecule has 0 bridgehead atoms. The van der Waals surface area contributed by atoms with Gasteiger partial charge in [-0.15, -0.1) is 0 Å². The Balaban J connectivity index is 1.55. The Labute approximate surface area is 254 Å². The van der Waals surface area contributed by atoms with E-state index in [1.807, 2.05) is 58.0 Å². The van der Waals surface area contributed by atoms with Gasteiger partial charge in [0.2, 0.25) is 6.79 Å². The van der Waals surface area contributed by atoms with Gasteiger partial charge in [-0.1, -0.05) is 6.92 Å². The lowest BCUT2D eigenvalue weighted by molar-refractivity contribution is -0.0115. The Morgan fingerprint density at radius 1 is 1.07 bits per heavy atom. The predicted molar refractivity (Wildman–Crippen MR) is 165 cm³/mol. The van der Waals surface area contributed by atoms with Crippen LogP contribution in [0.15, 0.2) is 36.4 Å². The van der Waals surface area contributed by atoms with Crippen molar-refractivity contribution >= 4 is 23.3 Å². The third kappa shape index (κ3) is 8.23. The minimum absolute atomic E-state index is 0.0934. The summed E-state index contributed by atoms with van der Waals surface area (Å²) in [6.45, 7) is 6.97. The molecule has 236 valence electrons. The van der Waals surface area contributed by atoms with E-state index in [0.29, 0.717) is 48.2 Å². The van der Waals surface area contributed by atoms with Gasteiger partial charge in [0, 0.05) is 64.2 Å². The zero-order valence-corrected chi connectivity index (χ0v) is 26.2. The molecule has 4 rings (SSSR count). The molecule has 0 radical (unpaired) electrons. The fraction of sp³-hybridized carbons (Fsp3) is 0.562. The van der Waals surface area contributed by atoms with Crippen LogP contribution in [0.5, 0.6) is 17.2 Å². The lowest BCUT2D eigenvalue weighted by atomic mass is 10.0. The number of fused-ring (bicyclic) bond motifs is 2. The van der Waals surface area contributed by atoms with Crippen molar-refractivity contribution in [1.82, 2.24) is 9.80 Å². The van der Waals surface area contributed by atoms with Gasteiger partial charge in [0.1, 0.15) is 5.75 Å². The van der Waals surface area contributed by atoms with Gasteiger partial charge in [-0.25, -0.2) is 4.79 Å². The number of amides is 3. The van der Waals surface area contributed by atoms with Gasteiger partial charge >= 0.3 is 6.03 Å². The molecule has 0 unspecified atom stereocenters. The number of anilines is 2. The van der Waals surface area contributed by atoms with Crippen LogP contribution in [-0.4, -0.2) is 99.3 Å². The number of hydrogen-bond acceptors (Lipinski definition) is 8. The molecule has 4 atom stereocenters. The lowest BCUT2D eigenvalue weighted by Gasteiger charge is -2.36. The second-order valence-electron chi connectivity index (χ2n) is 11.8. The first-order valence-electron chi connectivity index (χ1n) is 15.0. The predicted octanol–water partition coefficient (Wildman–Crippen LogP) is 4.44. The van der Waals surface area contributed by atoms with Gasteiger partial charge < -0.3 is 44.1 Å². The van der Waals surface area contributed by atoms with Gasteiger partial charge in [-0.05, 0) is 63.4 Å². The van der Waals surface area contributed by atoms with Crippen LogP contribution in [0.2, 0.25) is 0 Å². The highest BCUT2D eigenvalue weighted by Gasteiger charge is 2.31. The Hall–Kier alpha value is -3.70. The van der Waals surface area contributed by atoms with Crippen molar-refractivity contribution in [2.45, 2.75) is 58.3 Å². The number of carbonyl (C=O) groups is 2. The summed E-state index contributed by atoms with van der Waals surface area (Å²) in [4.78, 5) is 32.5. The molecule has 0 saturated heterocycles. The van der Waals surface area contributed by atoms with Crippen molar-refractivity contribution in [1.29, 1.82) is 0 Å². The van der Waals surface area contributed by atoms with Crippen molar-refractivity contribution in [2.24, 2.45) is 5.92 Å². The molecule has 2 heterocycles. The highest BCUT2D eigenvalue weighted by Crippen LogP contribution is 2.34. The Bertz CT molecular complexity index is 1260. The van der Waals surface area contributed by atoms with Gasteiger partial charge in [-0.2, -0.15) is 0 Å². The summed E-state index contributed by atoms with van der Waals surface area (Å²) < 4.78 is 23.4. The summed E-state index contributed by atoms with van der Waals surface area (Å²) in [6.07, 6.45) is 2.10. The van der Waals surface area contributed by atoms with E-state index >= 15 is 0 Å². The number of urea groups is 1. The van der Waals surface area contributed by atoms with E-state index in [9.17, 15) is 14.7 Å². The SMILES string of the molecule is C[C@H](CO)N1C[C@H](C)[C@H](CN(C)C(=O)Nc2ccc3c(c2)OCO3)OCCCC[C@H](C)Oc2ccc(N(C)C)cc2C1=O. The van der Waals surface area contributed by atoms with E-state index in [-0.39, 0.29) is 43.5 Å². The topological polar surface area (TPSA) is 113 Å². The highest BCUT2D eigenvalue weighted by atomic mass is 16.7. The molecule has 0 spiro atoms. The molecule has 11 nitrogen and oxygen atoms in total. The fourth-order valence-corrected chi connectivity index (χ4v) is 5.20. The van der Waals surface area contributed by atoms with E-state index < -0.39 is 6.04 Å². The largest absolute Gasteiger partial charge is 0.490 e. The van der Waals surface area contributed by atoms with E-state index in [1.165, 1.54) is 0 Å². The van der Waals surface area contributed by atoms with Crippen LogP contribution in [0, 0.1) is 5.92 Å². The molecule has 0 saturated carbocycles. The van der Waals surface area contributed by atoms with Crippen molar-refractivity contribution in [2.75, 3.05) is 64.5 Å². The van der Waals surface area contributed by atoms with Crippen molar-refractivity contribution in [3.63, 3.8) is 0 Å². The average Bonchev–Trinajstić information content (AvgIpc) is 3.45. The van der Waals surface area contributed by atoms with Gasteiger partial charge in [-0.3, -0.25) is 4.79 Å². The molecular weight excluding hydrogens is 552 g/mol. The Morgan fingerprint density at radius 2 is 1.81 bits per heavy atom. The maximum atomic E-state index is 14.1.